The molecule has 1 aliphatic heterocycles. The highest BCUT2D eigenvalue weighted by atomic mass is 35.5. The monoisotopic (exact) mass is 498 g/mol. The number of nitrogens with zero attached hydrogens (tertiary/aromatic N) is 3. The third kappa shape index (κ3) is 5.32. The maximum absolute atomic E-state index is 11.3. The average molecular weight is 499 g/mol. The van der Waals surface area contributed by atoms with E-state index in [1.165, 1.54) is 29.3 Å². The van der Waals surface area contributed by atoms with E-state index >= 15 is 0 Å². The minimum Gasteiger partial charge on any atom is -0.410 e. The van der Waals surface area contributed by atoms with Crippen molar-refractivity contribution in [3.63, 3.8) is 0 Å². The number of hydrogen-bond acceptors (Lipinski definition) is 6. The lowest BCUT2D eigenvalue weighted by molar-refractivity contribution is 0.207. The standard InChI is InChI=1S/C26H31ClN4O2S/c27-20-9-10-23(33-26(28)32)22(17-20)19-7-5-18(6-8-19)11-12-30-13-15-31(16-14-30)25-21-3-1-2-4-24(21)34-29-25/h1-4,9-10,17-19H,5-8,11-16H2,(H2,28,32). The number of benzene rings is 2. The van der Waals surface area contributed by atoms with Gasteiger partial charge in [0, 0.05) is 36.6 Å². The number of halogens is 1. The van der Waals surface area contributed by atoms with Crippen molar-refractivity contribution in [3.8, 4) is 5.75 Å². The van der Waals surface area contributed by atoms with E-state index in [-0.39, 0.29) is 0 Å². The molecular formula is C26H31ClN4O2S. The normalized spacial score (nSPS) is 21.6. The van der Waals surface area contributed by atoms with Crippen molar-refractivity contribution in [3.05, 3.63) is 53.1 Å². The molecule has 1 amide bonds. The SMILES string of the molecule is NC(=O)Oc1ccc(Cl)cc1C1CCC(CCN2CCN(c3nsc4ccccc34)CC2)CC1. The number of carbonyl (C=O) groups excluding carboxylic acids is 1. The van der Waals surface area contributed by atoms with Crippen LogP contribution < -0.4 is 15.4 Å². The molecule has 6 nitrogen and oxygen atoms in total. The predicted octanol–water partition coefficient (Wildman–Crippen LogP) is 5.89. The van der Waals surface area contributed by atoms with Gasteiger partial charge in [0.15, 0.2) is 0 Å². The zero-order valence-corrected chi connectivity index (χ0v) is 20.9. The molecule has 2 aliphatic rings. The first-order valence-electron chi connectivity index (χ1n) is 12.2. The molecule has 180 valence electrons. The third-order valence-electron chi connectivity index (χ3n) is 7.35. The Bertz CT molecular complexity index is 1140. The molecule has 3 aromatic rings. The van der Waals surface area contributed by atoms with Gasteiger partial charge in [0.05, 0.1) is 4.70 Å². The highest BCUT2D eigenvalue weighted by molar-refractivity contribution is 7.13. The van der Waals surface area contributed by atoms with Crippen LogP contribution in [0.15, 0.2) is 42.5 Å². The second-order valence-corrected chi connectivity index (χ2v) is 10.7. The largest absolute Gasteiger partial charge is 0.410 e. The van der Waals surface area contributed by atoms with Gasteiger partial charge in [-0.25, -0.2) is 4.79 Å². The van der Waals surface area contributed by atoms with Crippen LogP contribution in [0.3, 0.4) is 0 Å². The summed E-state index contributed by atoms with van der Waals surface area (Å²) in [6.45, 7) is 5.43. The lowest BCUT2D eigenvalue weighted by Crippen LogP contribution is -2.47. The minimum absolute atomic E-state index is 0.362. The summed E-state index contributed by atoms with van der Waals surface area (Å²) in [6, 6.07) is 13.9. The number of amides is 1. The first-order valence-corrected chi connectivity index (χ1v) is 13.3. The summed E-state index contributed by atoms with van der Waals surface area (Å²) in [7, 11) is 0. The maximum Gasteiger partial charge on any atom is 0.409 e. The molecule has 5 rings (SSSR count). The Labute approximate surface area is 209 Å². The Balaban J connectivity index is 1.09. The predicted molar refractivity (Wildman–Crippen MR) is 139 cm³/mol. The molecule has 2 aromatic carbocycles. The fourth-order valence-electron chi connectivity index (χ4n) is 5.45. The van der Waals surface area contributed by atoms with Crippen LogP contribution in [0.4, 0.5) is 10.6 Å². The number of fused-ring (bicyclic) bond motifs is 1. The number of hydrogen-bond donors (Lipinski definition) is 1. The highest BCUT2D eigenvalue weighted by Gasteiger charge is 2.27. The second-order valence-electron chi connectivity index (χ2n) is 9.44. The van der Waals surface area contributed by atoms with Gasteiger partial charge in [-0.05, 0) is 97.9 Å². The van der Waals surface area contributed by atoms with Crippen molar-refractivity contribution in [2.24, 2.45) is 11.7 Å². The Morgan fingerprint density at radius 3 is 2.62 bits per heavy atom. The van der Waals surface area contributed by atoms with Gasteiger partial charge in [0.25, 0.3) is 0 Å². The molecule has 2 N–H and O–H groups in total. The van der Waals surface area contributed by atoms with Gasteiger partial charge in [-0.3, -0.25) is 4.90 Å². The Hall–Kier alpha value is -2.35. The molecule has 0 atom stereocenters. The van der Waals surface area contributed by atoms with E-state index in [1.54, 1.807) is 23.7 Å². The molecule has 2 heterocycles. The number of primary amides is 1. The number of anilines is 1. The third-order valence-corrected chi connectivity index (χ3v) is 8.40. The zero-order valence-electron chi connectivity index (χ0n) is 19.3. The van der Waals surface area contributed by atoms with Crippen molar-refractivity contribution in [2.75, 3.05) is 37.6 Å². The van der Waals surface area contributed by atoms with E-state index in [4.69, 9.17) is 26.4 Å². The molecule has 1 saturated carbocycles. The van der Waals surface area contributed by atoms with Crippen LogP contribution in [-0.4, -0.2) is 48.1 Å². The highest BCUT2D eigenvalue weighted by Crippen LogP contribution is 2.41. The summed E-state index contributed by atoms with van der Waals surface area (Å²) in [5.41, 5.74) is 6.26. The van der Waals surface area contributed by atoms with Gasteiger partial charge in [0.1, 0.15) is 11.6 Å². The van der Waals surface area contributed by atoms with Gasteiger partial charge < -0.3 is 15.4 Å². The smallest absolute Gasteiger partial charge is 0.409 e. The molecule has 0 unspecified atom stereocenters. The van der Waals surface area contributed by atoms with Gasteiger partial charge >= 0.3 is 6.09 Å². The van der Waals surface area contributed by atoms with Crippen LogP contribution in [0.25, 0.3) is 10.1 Å². The van der Waals surface area contributed by atoms with Crippen molar-refractivity contribution >= 4 is 45.1 Å². The minimum atomic E-state index is -0.777. The lowest BCUT2D eigenvalue weighted by atomic mass is 9.77. The topological polar surface area (TPSA) is 71.7 Å². The summed E-state index contributed by atoms with van der Waals surface area (Å²) in [5.74, 6) is 2.81. The molecule has 1 saturated heterocycles. The molecule has 34 heavy (non-hydrogen) atoms. The van der Waals surface area contributed by atoms with Crippen molar-refractivity contribution in [1.82, 2.24) is 9.27 Å². The molecule has 0 spiro atoms. The van der Waals surface area contributed by atoms with Crippen molar-refractivity contribution in [1.29, 1.82) is 0 Å². The van der Waals surface area contributed by atoms with Gasteiger partial charge in [-0.15, -0.1) is 0 Å². The quantitative estimate of drug-likeness (QED) is 0.458. The molecule has 2 fully saturated rings. The molecular weight excluding hydrogens is 468 g/mol. The van der Waals surface area contributed by atoms with Crippen LogP contribution in [0, 0.1) is 5.92 Å². The number of nitrogens with two attached hydrogens (primary N) is 1. The molecule has 1 aromatic heterocycles. The summed E-state index contributed by atoms with van der Waals surface area (Å²) in [6.07, 6.45) is 5.03. The van der Waals surface area contributed by atoms with E-state index < -0.39 is 6.09 Å². The molecule has 1 aliphatic carbocycles. The van der Waals surface area contributed by atoms with Gasteiger partial charge in [-0.1, -0.05) is 23.7 Å². The number of piperazine rings is 1. The summed E-state index contributed by atoms with van der Waals surface area (Å²) in [4.78, 5) is 16.3. The fourth-order valence-corrected chi connectivity index (χ4v) is 6.43. The van der Waals surface area contributed by atoms with Crippen LogP contribution >= 0.6 is 23.1 Å². The van der Waals surface area contributed by atoms with Crippen LogP contribution in [0.2, 0.25) is 5.02 Å². The maximum atomic E-state index is 11.3. The van der Waals surface area contributed by atoms with E-state index in [0.717, 1.165) is 62.9 Å². The molecule has 0 bridgehead atoms. The molecule has 0 radical (unpaired) electrons. The zero-order chi connectivity index (χ0) is 23.5. The van der Waals surface area contributed by atoms with Crippen molar-refractivity contribution in [2.45, 2.75) is 38.0 Å². The number of rotatable bonds is 6. The summed E-state index contributed by atoms with van der Waals surface area (Å²) < 4.78 is 11.2. The summed E-state index contributed by atoms with van der Waals surface area (Å²) >= 11 is 7.82. The number of aromatic nitrogens is 1. The Morgan fingerprint density at radius 1 is 1.09 bits per heavy atom. The van der Waals surface area contributed by atoms with Crippen LogP contribution in [-0.2, 0) is 0 Å². The average Bonchev–Trinajstić information content (AvgIpc) is 3.28. The number of carbonyl (C=O) groups is 1. The first-order chi connectivity index (χ1) is 16.6. The van der Waals surface area contributed by atoms with Crippen LogP contribution in [0.5, 0.6) is 5.75 Å². The van der Waals surface area contributed by atoms with E-state index in [0.29, 0.717) is 16.7 Å². The van der Waals surface area contributed by atoms with E-state index in [9.17, 15) is 4.79 Å². The van der Waals surface area contributed by atoms with E-state index in [1.807, 2.05) is 6.07 Å². The van der Waals surface area contributed by atoms with Gasteiger partial charge in [-0.2, -0.15) is 4.37 Å². The lowest BCUT2D eigenvalue weighted by Gasteiger charge is -2.36. The van der Waals surface area contributed by atoms with E-state index in [2.05, 4.69) is 34.1 Å². The number of ether oxygens (including phenoxy) is 1. The second kappa shape index (κ2) is 10.5. The van der Waals surface area contributed by atoms with Crippen molar-refractivity contribution < 1.29 is 9.53 Å². The Kier molecular flexibility index (Phi) is 7.23. The summed E-state index contributed by atoms with van der Waals surface area (Å²) in [5, 5.41) is 1.94. The van der Waals surface area contributed by atoms with Crippen LogP contribution in [0.1, 0.15) is 43.6 Å². The van der Waals surface area contributed by atoms with Gasteiger partial charge in [0.2, 0.25) is 0 Å². The first kappa shape index (κ1) is 23.4. The fraction of sp³-hybridized carbons (Fsp3) is 0.462. The molecule has 8 heteroatoms. The Morgan fingerprint density at radius 2 is 1.85 bits per heavy atom.